The first kappa shape index (κ1) is 24.4. The van der Waals surface area contributed by atoms with Crippen molar-refractivity contribution in [3.8, 4) is 0 Å². The highest BCUT2D eigenvalue weighted by molar-refractivity contribution is 6.33. The van der Waals surface area contributed by atoms with Crippen LogP contribution in [0, 0.1) is 11.8 Å². The number of aryl methyl sites for hydroxylation is 2. The molecule has 1 fully saturated rings. The Kier molecular flexibility index (Phi) is 8.06. The smallest absolute Gasteiger partial charge is 0.398 e. The lowest BCUT2D eigenvalue weighted by Crippen LogP contribution is -2.32. The molecular weight excluding hydrogens is 441 g/mol. The van der Waals surface area contributed by atoms with Gasteiger partial charge < -0.3 is 15.7 Å². The third kappa shape index (κ3) is 6.17. The highest BCUT2D eigenvalue weighted by Gasteiger charge is 2.34. The van der Waals surface area contributed by atoms with Crippen molar-refractivity contribution >= 4 is 23.2 Å². The standard InChI is InChI=1S/C24H28ClF3N2O2/c25-21-13-16(6-10-22(21)29)5-7-17(19-11-12-30(14-19)23(32)15-31)8-9-18-3-1-2-4-20(18)24(26,27)28/h1-4,6,10,13,17,19,31H,5,7-9,11-12,14-15,29H2/t17?,19-/m0/s1. The molecule has 0 radical (unpaired) electrons. The van der Waals surface area contributed by atoms with Crippen LogP contribution >= 0.6 is 11.6 Å². The lowest BCUT2D eigenvalue weighted by atomic mass is 9.82. The van der Waals surface area contributed by atoms with E-state index in [0.717, 1.165) is 30.9 Å². The van der Waals surface area contributed by atoms with Gasteiger partial charge in [-0.3, -0.25) is 4.79 Å². The highest BCUT2D eigenvalue weighted by atomic mass is 35.5. The number of nitrogens with two attached hydrogens (primary N) is 1. The molecule has 1 amide bonds. The van der Waals surface area contributed by atoms with Crippen molar-refractivity contribution < 1.29 is 23.1 Å². The molecule has 3 rings (SSSR count). The van der Waals surface area contributed by atoms with Crippen LogP contribution in [0.1, 0.15) is 36.0 Å². The average molecular weight is 469 g/mol. The predicted octanol–water partition coefficient (Wildman–Crippen LogP) is 4.96. The van der Waals surface area contributed by atoms with Crippen LogP contribution in [0.15, 0.2) is 42.5 Å². The molecule has 2 atom stereocenters. The lowest BCUT2D eigenvalue weighted by molar-refractivity contribution is -0.138. The lowest BCUT2D eigenvalue weighted by Gasteiger charge is -2.25. The van der Waals surface area contributed by atoms with Crippen LogP contribution in [-0.4, -0.2) is 35.6 Å². The van der Waals surface area contributed by atoms with Gasteiger partial charge in [0, 0.05) is 13.1 Å². The molecular formula is C24H28ClF3N2O2. The Bertz CT molecular complexity index is 936. The number of carbonyl (C=O) groups is 1. The molecule has 174 valence electrons. The van der Waals surface area contributed by atoms with Crippen LogP contribution in [0.2, 0.25) is 5.02 Å². The molecule has 1 saturated heterocycles. The van der Waals surface area contributed by atoms with Gasteiger partial charge in [-0.25, -0.2) is 0 Å². The first-order chi connectivity index (χ1) is 15.2. The maximum absolute atomic E-state index is 13.4. The topological polar surface area (TPSA) is 66.6 Å². The minimum Gasteiger partial charge on any atom is -0.398 e. The number of rotatable bonds is 8. The van der Waals surface area contributed by atoms with Gasteiger partial charge in [-0.05, 0) is 73.3 Å². The predicted molar refractivity (Wildman–Crippen MR) is 119 cm³/mol. The number of hydrogen-bond acceptors (Lipinski definition) is 3. The summed E-state index contributed by atoms with van der Waals surface area (Å²) in [6.45, 7) is 0.557. The molecule has 1 heterocycles. The van der Waals surface area contributed by atoms with E-state index in [0.29, 0.717) is 42.2 Å². The van der Waals surface area contributed by atoms with E-state index in [2.05, 4.69) is 0 Å². The molecule has 0 saturated carbocycles. The van der Waals surface area contributed by atoms with Crippen LogP contribution in [-0.2, 0) is 23.8 Å². The summed E-state index contributed by atoms with van der Waals surface area (Å²) in [5.41, 5.74) is 7.01. The van der Waals surface area contributed by atoms with E-state index in [1.807, 2.05) is 12.1 Å². The number of carbonyl (C=O) groups excluding carboxylic acids is 1. The molecule has 32 heavy (non-hydrogen) atoms. The average Bonchev–Trinajstić information content (AvgIpc) is 3.25. The Morgan fingerprint density at radius 1 is 1.19 bits per heavy atom. The van der Waals surface area contributed by atoms with Gasteiger partial charge in [0.1, 0.15) is 6.61 Å². The zero-order valence-corrected chi connectivity index (χ0v) is 18.5. The molecule has 1 aliphatic heterocycles. The molecule has 2 aromatic rings. The second-order valence-electron chi connectivity index (χ2n) is 8.39. The second kappa shape index (κ2) is 10.6. The van der Waals surface area contributed by atoms with Crippen molar-refractivity contribution in [3.05, 3.63) is 64.2 Å². The SMILES string of the molecule is Nc1ccc(CCC(CCc2ccccc2C(F)(F)F)[C@H]2CCN(C(=O)CO)C2)cc1Cl. The number of aliphatic hydroxyl groups is 1. The summed E-state index contributed by atoms with van der Waals surface area (Å²) < 4.78 is 40.2. The number of alkyl halides is 3. The fourth-order valence-electron chi connectivity index (χ4n) is 4.55. The minimum absolute atomic E-state index is 0.129. The number of aliphatic hydroxyl groups excluding tert-OH is 1. The maximum atomic E-state index is 13.4. The maximum Gasteiger partial charge on any atom is 0.416 e. The van der Waals surface area contributed by atoms with Gasteiger partial charge in [-0.15, -0.1) is 0 Å². The van der Waals surface area contributed by atoms with Gasteiger partial charge in [0.2, 0.25) is 5.91 Å². The fourth-order valence-corrected chi connectivity index (χ4v) is 4.75. The van der Waals surface area contributed by atoms with Crippen molar-refractivity contribution in [2.45, 2.75) is 38.3 Å². The number of nitrogen functional groups attached to an aromatic ring is 1. The normalized spacial score (nSPS) is 17.5. The number of likely N-dealkylation sites (tertiary alicyclic amines) is 1. The fraction of sp³-hybridized carbons (Fsp3) is 0.458. The van der Waals surface area contributed by atoms with E-state index < -0.39 is 18.3 Å². The third-order valence-electron chi connectivity index (χ3n) is 6.36. The first-order valence-electron chi connectivity index (χ1n) is 10.8. The molecule has 0 aliphatic carbocycles. The van der Waals surface area contributed by atoms with Gasteiger partial charge >= 0.3 is 6.18 Å². The molecule has 0 aromatic heterocycles. The highest BCUT2D eigenvalue weighted by Crippen LogP contribution is 2.35. The van der Waals surface area contributed by atoms with Gasteiger partial charge in [-0.1, -0.05) is 35.9 Å². The van der Waals surface area contributed by atoms with Crippen LogP contribution in [0.4, 0.5) is 18.9 Å². The van der Waals surface area contributed by atoms with E-state index in [-0.39, 0.29) is 17.7 Å². The Morgan fingerprint density at radius 3 is 2.59 bits per heavy atom. The molecule has 1 unspecified atom stereocenters. The number of benzene rings is 2. The minimum atomic E-state index is -4.38. The summed E-state index contributed by atoms with van der Waals surface area (Å²) in [6.07, 6.45) is -1.23. The Hall–Kier alpha value is -2.25. The number of halogens is 4. The van der Waals surface area contributed by atoms with E-state index in [1.54, 1.807) is 17.0 Å². The number of hydrogen-bond donors (Lipinski definition) is 2. The molecule has 1 aliphatic rings. The van der Waals surface area contributed by atoms with Crippen molar-refractivity contribution in [3.63, 3.8) is 0 Å². The van der Waals surface area contributed by atoms with Crippen LogP contribution in [0.5, 0.6) is 0 Å². The summed E-state index contributed by atoms with van der Waals surface area (Å²) in [5, 5.41) is 9.64. The van der Waals surface area contributed by atoms with Crippen molar-refractivity contribution in [2.24, 2.45) is 11.8 Å². The third-order valence-corrected chi connectivity index (χ3v) is 6.68. The monoisotopic (exact) mass is 468 g/mol. The van der Waals surface area contributed by atoms with E-state index in [9.17, 15) is 18.0 Å². The van der Waals surface area contributed by atoms with Crippen LogP contribution in [0.25, 0.3) is 0 Å². The molecule has 3 N–H and O–H groups in total. The van der Waals surface area contributed by atoms with Crippen LogP contribution in [0.3, 0.4) is 0 Å². The summed E-state index contributed by atoms with van der Waals surface area (Å²) in [5.74, 6) is -0.00380. The van der Waals surface area contributed by atoms with Crippen LogP contribution < -0.4 is 5.73 Å². The zero-order chi connectivity index (χ0) is 23.3. The largest absolute Gasteiger partial charge is 0.416 e. The molecule has 4 nitrogen and oxygen atoms in total. The molecule has 2 aromatic carbocycles. The Labute approximate surface area is 191 Å². The first-order valence-corrected chi connectivity index (χ1v) is 11.1. The zero-order valence-electron chi connectivity index (χ0n) is 17.7. The summed E-state index contributed by atoms with van der Waals surface area (Å²) in [6, 6.07) is 11.2. The number of amides is 1. The Morgan fingerprint density at radius 2 is 1.91 bits per heavy atom. The van der Waals surface area contributed by atoms with E-state index in [4.69, 9.17) is 22.4 Å². The summed E-state index contributed by atoms with van der Waals surface area (Å²) in [7, 11) is 0. The number of anilines is 1. The van der Waals surface area contributed by atoms with Gasteiger partial charge in [-0.2, -0.15) is 13.2 Å². The molecule has 0 spiro atoms. The van der Waals surface area contributed by atoms with Crippen molar-refractivity contribution in [1.29, 1.82) is 0 Å². The second-order valence-corrected chi connectivity index (χ2v) is 8.80. The molecule has 0 bridgehead atoms. The van der Waals surface area contributed by atoms with E-state index >= 15 is 0 Å². The summed E-state index contributed by atoms with van der Waals surface area (Å²) in [4.78, 5) is 13.5. The van der Waals surface area contributed by atoms with Gasteiger partial charge in [0.15, 0.2) is 0 Å². The van der Waals surface area contributed by atoms with E-state index in [1.165, 1.54) is 12.1 Å². The quantitative estimate of drug-likeness (QED) is 0.538. The van der Waals surface area contributed by atoms with Crippen molar-refractivity contribution in [1.82, 2.24) is 4.90 Å². The van der Waals surface area contributed by atoms with Gasteiger partial charge in [0.05, 0.1) is 16.3 Å². The number of nitrogens with zero attached hydrogens (tertiary/aromatic N) is 1. The van der Waals surface area contributed by atoms with Gasteiger partial charge in [0.25, 0.3) is 0 Å². The van der Waals surface area contributed by atoms with Crippen molar-refractivity contribution in [2.75, 3.05) is 25.4 Å². The summed E-state index contributed by atoms with van der Waals surface area (Å²) >= 11 is 6.13. The molecule has 8 heteroatoms. The Balaban J connectivity index is 1.73.